The Bertz CT molecular complexity index is 598. The first kappa shape index (κ1) is 14.7. The Morgan fingerprint density at radius 1 is 1.10 bits per heavy atom. The molecule has 0 aliphatic heterocycles. The third-order valence-corrected chi connectivity index (χ3v) is 2.72. The maximum Gasteiger partial charge on any atom is 0.357 e. The van der Waals surface area contributed by atoms with Crippen LogP contribution < -0.4 is 4.74 Å². The fraction of sp³-hybridized carbons (Fsp3) is 0.188. The predicted octanol–water partition coefficient (Wildman–Crippen LogP) is 2.68. The Morgan fingerprint density at radius 2 is 1.76 bits per heavy atom. The van der Waals surface area contributed by atoms with Crippen LogP contribution in [-0.4, -0.2) is 16.9 Å². The summed E-state index contributed by atoms with van der Waals surface area (Å²) in [7, 11) is 0. The fourth-order valence-corrected chi connectivity index (χ4v) is 1.66. The summed E-state index contributed by atoms with van der Waals surface area (Å²) in [5.41, 5.74) is 0.521. The van der Waals surface area contributed by atoms with Crippen molar-refractivity contribution in [1.82, 2.24) is 4.98 Å². The highest BCUT2D eigenvalue weighted by Crippen LogP contribution is 2.21. The molecule has 0 aliphatic carbocycles. The van der Waals surface area contributed by atoms with Crippen molar-refractivity contribution in [3.05, 3.63) is 60.4 Å². The van der Waals surface area contributed by atoms with Crippen LogP contribution in [0.15, 0.2) is 54.9 Å². The van der Waals surface area contributed by atoms with Gasteiger partial charge in [0.25, 0.3) is 0 Å². The van der Waals surface area contributed by atoms with Gasteiger partial charge in [0.1, 0.15) is 5.75 Å². The van der Waals surface area contributed by atoms with E-state index in [9.17, 15) is 9.59 Å². The molecule has 1 aromatic carbocycles. The lowest BCUT2D eigenvalue weighted by atomic mass is 10.1. The van der Waals surface area contributed by atoms with E-state index < -0.39 is 18.0 Å². The van der Waals surface area contributed by atoms with Crippen molar-refractivity contribution in [3.8, 4) is 5.75 Å². The maximum absolute atomic E-state index is 12.2. The summed E-state index contributed by atoms with van der Waals surface area (Å²) in [6.45, 7) is 1.66. The summed E-state index contributed by atoms with van der Waals surface area (Å²) >= 11 is 0. The quantitative estimate of drug-likeness (QED) is 0.624. The van der Waals surface area contributed by atoms with Gasteiger partial charge in [-0.1, -0.05) is 25.1 Å². The van der Waals surface area contributed by atoms with Crippen molar-refractivity contribution in [2.24, 2.45) is 0 Å². The van der Waals surface area contributed by atoms with Crippen molar-refractivity contribution in [3.63, 3.8) is 0 Å². The van der Waals surface area contributed by atoms with Crippen LogP contribution in [-0.2, 0) is 14.3 Å². The molecule has 5 heteroatoms. The molecule has 0 N–H and O–H groups in total. The summed E-state index contributed by atoms with van der Waals surface area (Å²) in [5, 5.41) is 0. The first-order valence-corrected chi connectivity index (χ1v) is 6.57. The van der Waals surface area contributed by atoms with E-state index in [1.165, 1.54) is 12.4 Å². The number of benzene rings is 1. The number of ether oxygens (including phenoxy) is 2. The molecule has 0 saturated heterocycles. The molecule has 0 fully saturated rings. The Kier molecular flexibility index (Phi) is 5.04. The summed E-state index contributed by atoms with van der Waals surface area (Å²) in [6, 6.07) is 11.9. The predicted molar refractivity (Wildman–Crippen MR) is 75.4 cm³/mol. The van der Waals surface area contributed by atoms with Gasteiger partial charge in [0.05, 0.1) is 0 Å². The average Bonchev–Trinajstić information content (AvgIpc) is 2.54. The second-order valence-electron chi connectivity index (χ2n) is 4.24. The number of carbonyl (C=O) groups is 2. The summed E-state index contributed by atoms with van der Waals surface area (Å²) < 4.78 is 10.4. The minimum Gasteiger partial charge on any atom is -0.445 e. The van der Waals surface area contributed by atoms with Gasteiger partial charge in [0.2, 0.25) is 6.10 Å². The van der Waals surface area contributed by atoms with E-state index in [2.05, 4.69) is 4.98 Å². The second kappa shape index (κ2) is 7.19. The minimum absolute atomic E-state index is 0.181. The van der Waals surface area contributed by atoms with Gasteiger partial charge in [-0.2, -0.15) is 0 Å². The summed E-state index contributed by atoms with van der Waals surface area (Å²) in [4.78, 5) is 27.6. The Labute approximate surface area is 122 Å². The normalized spacial score (nSPS) is 11.5. The average molecular weight is 285 g/mol. The molecule has 5 nitrogen and oxygen atoms in total. The number of para-hydroxylation sites is 1. The Morgan fingerprint density at radius 3 is 2.38 bits per heavy atom. The van der Waals surface area contributed by atoms with Gasteiger partial charge in [0.15, 0.2) is 0 Å². The van der Waals surface area contributed by atoms with Crippen LogP contribution in [0.4, 0.5) is 0 Å². The van der Waals surface area contributed by atoms with Crippen LogP contribution in [0.2, 0.25) is 0 Å². The highest BCUT2D eigenvalue weighted by molar-refractivity contribution is 5.82. The molecule has 21 heavy (non-hydrogen) atoms. The number of hydrogen-bond donors (Lipinski definition) is 0. The zero-order valence-electron chi connectivity index (χ0n) is 11.6. The molecule has 2 aromatic rings. The molecular formula is C16H15NO4. The van der Waals surface area contributed by atoms with Crippen molar-refractivity contribution >= 4 is 11.9 Å². The fourth-order valence-electron chi connectivity index (χ4n) is 1.66. The second-order valence-corrected chi connectivity index (χ2v) is 4.24. The van der Waals surface area contributed by atoms with E-state index in [4.69, 9.17) is 9.47 Å². The smallest absolute Gasteiger partial charge is 0.357 e. The summed E-state index contributed by atoms with van der Waals surface area (Å²) in [6.07, 6.45) is 2.14. The zero-order chi connectivity index (χ0) is 15.1. The van der Waals surface area contributed by atoms with Crippen molar-refractivity contribution in [1.29, 1.82) is 0 Å². The number of esters is 2. The minimum atomic E-state index is -1.10. The van der Waals surface area contributed by atoms with Crippen molar-refractivity contribution < 1.29 is 19.1 Å². The maximum atomic E-state index is 12.2. The number of rotatable bonds is 5. The Balaban J connectivity index is 2.18. The monoisotopic (exact) mass is 285 g/mol. The van der Waals surface area contributed by atoms with Gasteiger partial charge in [-0.05, 0) is 24.3 Å². The van der Waals surface area contributed by atoms with E-state index in [0.29, 0.717) is 11.3 Å². The molecule has 1 atom stereocenters. The third-order valence-electron chi connectivity index (χ3n) is 2.72. The number of nitrogens with zero attached hydrogens (tertiary/aromatic N) is 1. The molecule has 0 amide bonds. The molecular weight excluding hydrogens is 270 g/mol. The third kappa shape index (κ3) is 4.14. The van der Waals surface area contributed by atoms with Gasteiger partial charge < -0.3 is 9.47 Å². The lowest BCUT2D eigenvalue weighted by Crippen LogP contribution is -2.24. The van der Waals surface area contributed by atoms with Crippen molar-refractivity contribution in [2.45, 2.75) is 19.4 Å². The van der Waals surface area contributed by atoms with E-state index in [-0.39, 0.29) is 6.42 Å². The van der Waals surface area contributed by atoms with E-state index >= 15 is 0 Å². The van der Waals surface area contributed by atoms with Gasteiger partial charge in [-0.3, -0.25) is 9.78 Å². The molecule has 2 rings (SSSR count). The van der Waals surface area contributed by atoms with Crippen LogP contribution in [0.25, 0.3) is 0 Å². The molecule has 0 radical (unpaired) electrons. The molecule has 0 saturated carbocycles. The lowest BCUT2D eigenvalue weighted by Gasteiger charge is -2.16. The SMILES string of the molecule is CCC(=O)OC(C(=O)Oc1ccccc1)c1ccncc1. The summed E-state index contributed by atoms with van der Waals surface area (Å²) in [5.74, 6) is -0.717. The largest absolute Gasteiger partial charge is 0.445 e. The van der Waals surface area contributed by atoms with Crippen LogP contribution in [0.5, 0.6) is 5.75 Å². The van der Waals surface area contributed by atoms with E-state index in [0.717, 1.165) is 0 Å². The highest BCUT2D eigenvalue weighted by atomic mass is 16.6. The number of carbonyl (C=O) groups excluding carboxylic acids is 2. The highest BCUT2D eigenvalue weighted by Gasteiger charge is 2.26. The van der Waals surface area contributed by atoms with Crippen LogP contribution >= 0.6 is 0 Å². The van der Waals surface area contributed by atoms with E-state index in [1.807, 2.05) is 6.07 Å². The molecule has 1 aromatic heterocycles. The van der Waals surface area contributed by atoms with Crippen molar-refractivity contribution in [2.75, 3.05) is 0 Å². The molecule has 0 aliphatic rings. The Hall–Kier alpha value is -2.69. The zero-order valence-corrected chi connectivity index (χ0v) is 11.6. The van der Waals surface area contributed by atoms with E-state index in [1.54, 1.807) is 43.3 Å². The molecule has 108 valence electrons. The van der Waals surface area contributed by atoms with Gasteiger partial charge in [0, 0.05) is 24.4 Å². The van der Waals surface area contributed by atoms with Gasteiger partial charge in [-0.15, -0.1) is 0 Å². The topological polar surface area (TPSA) is 65.5 Å². The molecule has 0 spiro atoms. The van der Waals surface area contributed by atoms with Gasteiger partial charge in [-0.25, -0.2) is 4.79 Å². The van der Waals surface area contributed by atoms with Crippen LogP contribution in [0.3, 0.4) is 0 Å². The number of pyridine rings is 1. The van der Waals surface area contributed by atoms with Crippen LogP contribution in [0, 0.1) is 0 Å². The number of aromatic nitrogens is 1. The molecule has 1 heterocycles. The van der Waals surface area contributed by atoms with Crippen LogP contribution in [0.1, 0.15) is 25.0 Å². The van der Waals surface area contributed by atoms with Gasteiger partial charge >= 0.3 is 11.9 Å². The molecule has 1 unspecified atom stereocenters. The molecule has 0 bridgehead atoms. The standard InChI is InChI=1S/C16H15NO4/c1-2-14(18)21-15(12-8-10-17-11-9-12)16(19)20-13-6-4-3-5-7-13/h3-11,15H,2H2,1H3. The lowest BCUT2D eigenvalue weighted by molar-refractivity contribution is -0.162. The first-order valence-electron chi connectivity index (χ1n) is 6.57. The first-order chi connectivity index (χ1) is 10.2. The number of hydrogen-bond acceptors (Lipinski definition) is 5.